The molecule has 0 aromatic heterocycles. The second kappa shape index (κ2) is 5.14. The summed E-state index contributed by atoms with van der Waals surface area (Å²) in [5, 5.41) is 0. The third kappa shape index (κ3) is 2.89. The van der Waals surface area contributed by atoms with Gasteiger partial charge in [-0.05, 0) is 68.7 Å². The van der Waals surface area contributed by atoms with Gasteiger partial charge in [-0.3, -0.25) is 0 Å². The van der Waals surface area contributed by atoms with Crippen molar-refractivity contribution in [1.82, 2.24) is 4.31 Å². The van der Waals surface area contributed by atoms with Crippen molar-refractivity contribution in [2.45, 2.75) is 62.4 Å². The van der Waals surface area contributed by atoms with Gasteiger partial charge >= 0.3 is 6.18 Å². The van der Waals surface area contributed by atoms with Crippen LogP contribution in [0.25, 0.3) is 0 Å². The van der Waals surface area contributed by atoms with Crippen LogP contribution in [0.15, 0.2) is 18.2 Å². The van der Waals surface area contributed by atoms with Crippen molar-refractivity contribution >= 4 is 11.4 Å². The fraction of sp³-hybridized carbons (Fsp3) is 0.647. The van der Waals surface area contributed by atoms with Gasteiger partial charge in [0.2, 0.25) is 0 Å². The number of halogens is 3. The SMILES string of the molecule is CN([C@@H]1CC2(CC2)c2cc(C(F)(F)F)ccc21)[S+]([O-])C(C)(C)C. The Morgan fingerprint density at radius 3 is 2.30 bits per heavy atom. The molecule has 2 aliphatic carbocycles. The summed E-state index contributed by atoms with van der Waals surface area (Å²) in [6.45, 7) is 5.74. The molecule has 23 heavy (non-hydrogen) atoms. The van der Waals surface area contributed by atoms with E-state index < -0.39 is 23.1 Å². The second-order valence-electron chi connectivity index (χ2n) is 7.71. The Balaban J connectivity index is 1.97. The lowest BCUT2D eigenvalue weighted by Gasteiger charge is -2.34. The third-order valence-corrected chi connectivity index (χ3v) is 6.80. The second-order valence-corrected chi connectivity index (χ2v) is 10.0. The molecule has 1 aromatic carbocycles. The Bertz CT molecular complexity index is 619. The van der Waals surface area contributed by atoms with Crippen LogP contribution in [0, 0.1) is 0 Å². The monoisotopic (exact) mass is 345 g/mol. The fourth-order valence-electron chi connectivity index (χ4n) is 3.57. The number of fused-ring (bicyclic) bond motifs is 2. The smallest absolute Gasteiger partial charge is 0.416 e. The zero-order valence-corrected chi connectivity index (χ0v) is 14.6. The predicted octanol–water partition coefficient (Wildman–Crippen LogP) is 4.58. The Morgan fingerprint density at radius 2 is 1.83 bits per heavy atom. The van der Waals surface area contributed by atoms with Crippen LogP contribution in [0.1, 0.15) is 62.8 Å². The van der Waals surface area contributed by atoms with Crippen LogP contribution in [-0.2, 0) is 23.0 Å². The van der Waals surface area contributed by atoms with Crippen molar-refractivity contribution in [3.8, 4) is 0 Å². The largest absolute Gasteiger partial charge is 0.597 e. The number of hydrogen-bond acceptors (Lipinski definition) is 2. The van der Waals surface area contributed by atoms with Gasteiger partial charge in [0.05, 0.1) is 11.6 Å². The molecule has 0 saturated heterocycles. The van der Waals surface area contributed by atoms with E-state index in [0.717, 1.165) is 36.5 Å². The summed E-state index contributed by atoms with van der Waals surface area (Å²) in [6, 6.07) is 3.98. The van der Waals surface area contributed by atoms with Crippen molar-refractivity contribution in [3.05, 3.63) is 34.9 Å². The van der Waals surface area contributed by atoms with E-state index >= 15 is 0 Å². The molecule has 1 saturated carbocycles. The minimum Gasteiger partial charge on any atom is -0.597 e. The quantitative estimate of drug-likeness (QED) is 0.734. The van der Waals surface area contributed by atoms with E-state index in [2.05, 4.69) is 0 Å². The minimum atomic E-state index is -4.32. The van der Waals surface area contributed by atoms with Gasteiger partial charge in [-0.2, -0.15) is 13.2 Å². The van der Waals surface area contributed by atoms with Crippen LogP contribution >= 0.6 is 0 Å². The highest BCUT2D eigenvalue weighted by molar-refractivity contribution is 7.90. The van der Waals surface area contributed by atoms with Crippen LogP contribution in [0.3, 0.4) is 0 Å². The molecular formula is C17H22F3NOS. The summed E-state index contributed by atoms with van der Waals surface area (Å²) in [6.07, 6.45) is -1.70. The topological polar surface area (TPSA) is 26.3 Å². The van der Waals surface area contributed by atoms with E-state index in [-0.39, 0.29) is 16.2 Å². The van der Waals surface area contributed by atoms with Crippen molar-refractivity contribution < 1.29 is 17.7 Å². The maximum atomic E-state index is 13.0. The first-order valence-corrected chi connectivity index (χ1v) is 8.93. The first-order valence-electron chi connectivity index (χ1n) is 7.82. The van der Waals surface area contributed by atoms with E-state index in [1.807, 2.05) is 32.1 Å². The van der Waals surface area contributed by atoms with Gasteiger partial charge in [-0.15, -0.1) is 4.31 Å². The number of hydrogen-bond donors (Lipinski definition) is 0. The van der Waals surface area contributed by atoms with Crippen LogP contribution < -0.4 is 0 Å². The molecule has 1 unspecified atom stereocenters. The lowest BCUT2D eigenvalue weighted by molar-refractivity contribution is -0.137. The van der Waals surface area contributed by atoms with Gasteiger partial charge in [0, 0.05) is 18.4 Å². The Hall–Kier alpha value is -0.720. The minimum absolute atomic E-state index is 0.0742. The van der Waals surface area contributed by atoms with Crippen LogP contribution in [-0.4, -0.2) is 20.7 Å². The van der Waals surface area contributed by atoms with Crippen molar-refractivity contribution in [2.75, 3.05) is 7.05 Å². The Morgan fingerprint density at radius 1 is 1.22 bits per heavy atom. The lowest BCUT2D eigenvalue weighted by Crippen LogP contribution is -2.42. The van der Waals surface area contributed by atoms with Gasteiger partial charge in [0.15, 0.2) is 0 Å². The standard InChI is InChI=1S/C17H22F3NOS/c1-15(2,3)23(22)21(4)14-10-16(7-8-16)13-9-11(17(18,19)20)5-6-12(13)14/h5-6,9,14H,7-8,10H2,1-4H3/t14-,23?/m1/s1. The molecule has 1 aromatic rings. The highest BCUT2D eigenvalue weighted by Crippen LogP contribution is 2.62. The van der Waals surface area contributed by atoms with Gasteiger partial charge in [0.25, 0.3) is 0 Å². The molecule has 0 aliphatic heterocycles. The predicted molar refractivity (Wildman–Crippen MR) is 85.4 cm³/mol. The lowest BCUT2D eigenvalue weighted by atomic mass is 9.96. The maximum absolute atomic E-state index is 13.0. The molecule has 2 atom stereocenters. The van der Waals surface area contributed by atoms with Crippen molar-refractivity contribution in [2.24, 2.45) is 0 Å². The molecule has 128 valence electrons. The number of benzene rings is 1. The van der Waals surface area contributed by atoms with Gasteiger partial charge in [-0.25, -0.2) is 0 Å². The summed E-state index contributed by atoms with van der Waals surface area (Å²) >= 11 is -1.20. The first kappa shape index (κ1) is 17.1. The van der Waals surface area contributed by atoms with E-state index in [9.17, 15) is 17.7 Å². The van der Waals surface area contributed by atoms with Crippen LogP contribution in [0.4, 0.5) is 13.2 Å². The van der Waals surface area contributed by atoms with Crippen LogP contribution in [0.5, 0.6) is 0 Å². The zero-order chi connectivity index (χ0) is 17.2. The average Bonchev–Trinajstić information content (AvgIpc) is 3.13. The molecule has 0 N–H and O–H groups in total. The first-order chi connectivity index (χ1) is 10.5. The van der Waals surface area contributed by atoms with E-state index in [1.54, 1.807) is 6.07 Å². The highest BCUT2D eigenvalue weighted by atomic mass is 32.2. The maximum Gasteiger partial charge on any atom is 0.416 e. The summed E-state index contributed by atoms with van der Waals surface area (Å²) in [5.41, 5.74) is 1.02. The molecule has 0 heterocycles. The van der Waals surface area contributed by atoms with Gasteiger partial charge in [0.1, 0.15) is 4.75 Å². The Kier molecular flexibility index (Phi) is 3.82. The number of rotatable bonds is 2. The summed E-state index contributed by atoms with van der Waals surface area (Å²) < 4.78 is 53.1. The van der Waals surface area contributed by atoms with Crippen molar-refractivity contribution in [3.63, 3.8) is 0 Å². The average molecular weight is 345 g/mol. The third-order valence-electron chi connectivity index (χ3n) is 4.97. The van der Waals surface area contributed by atoms with Gasteiger partial charge in [-0.1, -0.05) is 6.07 Å². The number of nitrogens with zero attached hydrogens (tertiary/aromatic N) is 1. The number of alkyl halides is 3. The van der Waals surface area contributed by atoms with Crippen LogP contribution in [0.2, 0.25) is 0 Å². The summed E-state index contributed by atoms with van der Waals surface area (Å²) in [5.74, 6) is 0. The van der Waals surface area contributed by atoms with E-state index in [1.165, 1.54) is 6.07 Å². The molecular weight excluding hydrogens is 323 g/mol. The molecule has 1 spiro atoms. The van der Waals surface area contributed by atoms with E-state index in [0.29, 0.717) is 0 Å². The molecule has 2 nitrogen and oxygen atoms in total. The molecule has 1 fully saturated rings. The highest BCUT2D eigenvalue weighted by Gasteiger charge is 2.55. The molecule has 0 bridgehead atoms. The molecule has 3 rings (SSSR count). The summed E-state index contributed by atoms with van der Waals surface area (Å²) in [4.78, 5) is 0. The Labute approximate surface area is 138 Å². The molecule has 2 aliphatic rings. The zero-order valence-electron chi connectivity index (χ0n) is 13.8. The molecule has 6 heteroatoms. The fourth-order valence-corrected chi connectivity index (χ4v) is 4.85. The molecule has 0 radical (unpaired) electrons. The van der Waals surface area contributed by atoms with E-state index in [4.69, 9.17) is 0 Å². The van der Waals surface area contributed by atoms with Gasteiger partial charge < -0.3 is 4.55 Å². The molecule has 0 amide bonds. The summed E-state index contributed by atoms with van der Waals surface area (Å²) in [7, 11) is 1.81. The normalized spacial score (nSPS) is 24.1. The van der Waals surface area contributed by atoms with Crippen molar-refractivity contribution in [1.29, 1.82) is 0 Å².